The summed E-state index contributed by atoms with van der Waals surface area (Å²) in [6.07, 6.45) is 7.52. The van der Waals surface area contributed by atoms with Gasteiger partial charge in [-0.3, -0.25) is 4.79 Å². The van der Waals surface area contributed by atoms with Crippen molar-refractivity contribution in [2.45, 2.75) is 31.1 Å². The molecule has 7 heteroatoms. The van der Waals surface area contributed by atoms with Gasteiger partial charge in [0.2, 0.25) is 0 Å². The third-order valence-corrected chi connectivity index (χ3v) is 7.66. The number of amides is 1. The Morgan fingerprint density at radius 3 is 2.52 bits per heavy atom. The summed E-state index contributed by atoms with van der Waals surface area (Å²) in [5.74, 6) is 0.881. The van der Waals surface area contributed by atoms with E-state index in [0.29, 0.717) is 4.91 Å². The molecule has 0 unspecified atom stereocenters. The molecule has 5 nitrogen and oxygen atoms in total. The molecule has 0 saturated carbocycles. The highest BCUT2D eigenvalue weighted by Gasteiger charge is 2.27. The summed E-state index contributed by atoms with van der Waals surface area (Å²) in [6, 6.07) is 18.5. The Hall–Kier alpha value is -2.77. The van der Waals surface area contributed by atoms with Crippen molar-refractivity contribution in [1.29, 1.82) is 0 Å². The number of hydrogen-bond donors (Lipinski definition) is 0. The third kappa shape index (κ3) is 4.94. The number of nitrogens with zero attached hydrogens (tertiary/aromatic N) is 4. The largest absolute Gasteiger partial charge is 0.351 e. The van der Waals surface area contributed by atoms with Crippen molar-refractivity contribution in [2.24, 2.45) is 4.99 Å². The number of amidine groups is 1. The van der Waals surface area contributed by atoms with Crippen molar-refractivity contribution in [2.75, 3.05) is 18.8 Å². The number of piperidine rings is 1. The van der Waals surface area contributed by atoms with Crippen LogP contribution >= 0.6 is 23.5 Å². The maximum Gasteiger partial charge on any atom is 0.286 e. The SMILES string of the molecule is CCSc1ccc(-c2nn(-c3ccccc3)cc2C=C2SC(N3CCCCC3)=NC2=O)cc1. The standard InChI is InChI=1S/C26H26N4OS2/c1-2-32-22-13-11-19(12-14-22)24-20(18-30(28-24)21-9-5-3-6-10-21)17-23-25(31)27-26(33-23)29-15-7-4-8-16-29/h3,5-6,9-14,17-18H,2,4,7-8,15-16H2,1H3. The number of thioether (sulfide) groups is 2. The van der Waals surface area contributed by atoms with E-state index < -0.39 is 0 Å². The van der Waals surface area contributed by atoms with Crippen molar-refractivity contribution >= 4 is 40.7 Å². The fourth-order valence-electron chi connectivity index (χ4n) is 4.07. The number of para-hydroxylation sites is 1. The fraction of sp³-hybridized carbons (Fsp3) is 0.269. The predicted molar refractivity (Wildman–Crippen MR) is 139 cm³/mol. The van der Waals surface area contributed by atoms with E-state index in [1.54, 1.807) is 0 Å². The normalized spacial score (nSPS) is 17.6. The monoisotopic (exact) mass is 474 g/mol. The van der Waals surface area contributed by atoms with Crippen LogP contribution in [0.1, 0.15) is 31.7 Å². The molecule has 1 saturated heterocycles. The molecule has 2 aliphatic heterocycles. The van der Waals surface area contributed by atoms with Crippen LogP contribution in [0.15, 0.2) is 75.6 Å². The maximum absolute atomic E-state index is 12.7. The molecule has 3 heterocycles. The predicted octanol–water partition coefficient (Wildman–Crippen LogP) is 6.11. The summed E-state index contributed by atoms with van der Waals surface area (Å²) in [5.41, 5.74) is 3.79. The van der Waals surface area contributed by atoms with Gasteiger partial charge in [-0.25, -0.2) is 4.68 Å². The minimum atomic E-state index is -0.159. The summed E-state index contributed by atoms with van der Waals surface area (Å²) in [6.45, 7) is 4.11. The van der Waals surface area contributed by atoms with E-state index in [2.05, 4.69) is 41.1 Å². The number of carbonyl (C=O) groups excluding carboxylic acids is 1. The fourth-order valence-corrected chi connectivity index (χ4v) is 5.68. The first-order valence-electron chi connectivity index (χ1n) is 11.4. The molecule has 3 aromatic rings. The lowest BCUT2D eigenvalue weighted by Gasteiger charge is -2.27. The summed E-state index contributed by atoms with van der Waals surface area (Å²) in [5, 5.41) is 5.74. The Morgan fingerprint density at radius 1 is 1.03 bits per heavy atom. The van der Waals surface area contributed by atoms with Crippen molar-refractivity contribution in [3.63, 3.8) is 0 Å². The summed E-state index contributed by atoms with van der Waals surface area (Å²) < 4.78 is 1.88. The molecule has 2 aromatic carbocycles. The molecule has 1 amide bonds. The van der Waals surface area contributed by atoms with E-state index in [4.69, 9.17) is 5.10 Å². The molecular formula is C26H26N4OS2. The van der Waals surface area contributed by atoms with Gasteiger partial charge in [0, 0.05) is 35.3 Å². The second-order valence-corrected chi connectivity index (χ2v) is 10.4. The number of aromatic nitrogens is 2. The van der Waals surface area contributed by atoms with Crippen LogP contribution in [0, 0.1) is 0 Å². The molecule has 0 N–H and O–H groups in total. The van der Waals surface area contributed by atoms with Crippen LogP contribution in [0.25, 0.3) is 23.0 Å². The molecule has 0 atom stereocenters. The lowest BCUT2D eigenvalue weighted by atomic mass is 10.1. The highest BCUT2D eigenvalue weighted by molar-refractivity contribution is 8.18. The first kappa shape index (κ1) is 22.0. The average molecular weight is 475 g/mol. The van der Waals surface area contributed by atoms with E-state index in [0.717, 1.165) is 59.4 Å². The molecule has 0 radical (unpaired) electrons. The van der Waals surface area contributed by atoms with Crippen LogP contribution in [0.5, 0.6) is 0 Å². The molecular weight excluding hydrogens is 448 g/mol. The van der Waals surface area contributed by atoms with Gasteiger partial charge < -0.3 is 4.90 Å². The number of rotatable bonds is 5. The van der Waals surface area contributed by atoms with Crippen molar-refractivity contribution in [3.05, 3.63) is 71.3 Å². The zero-order chi connectivity index (χ0) is 22.6. The highest BCUT2D eigenvalue weighted by Crippen LogP contribution is 2.34. The molecule has 0 bridgehead atoms. The van der Waals surface area contributed by atoms with Gasteiger partial charge >= 0.3 is 0 Å². The van der Waals surface area contributed by atoms with E-state index in [-0.39, 0.29) is 5.91 Å². The number of benzene rings is 2. The number of hydrogen-bond acceptors (Lipinski definition) is 5. The van der Waals surface area contributed by atoms with Crippen LogP contribution in [-0.4, -0.2) is 44.6 Å². The maximum atomic E-state index is 12.7. The molecule has 2 aliphatic rings. The molecule has 1 aromatic heterocycles. The van der Waals surface area contributed by atoms with Gasteiger partial charge in [-0.15, -0.1) is 11.8 Å². The highest BCUT2D eigenvalue weighted by atomic mass is 32.2. The zero-order valence-corrected chi connectivity index (χ0v) is 20.2. The molecule has 1 fully saturated rings. The Kier molecular flexibility index (Phi) is 6.69. The van der Waals surface area contributed by atoms with E-state index in [1.165, 1.54) is 23.1 Å². The Morgan fingerprint density at radius 2 is 1.79 bits per heavy atom. The molecule has 0 spiro atoms. The topological polar surface area (TPSA) is 50.5 Å². The van der Waals surface area contributed by atoms with Gasteiger partial charge in [0.15, 0.2) is 5.17 Å². The Labute approximate surface area is 203 Å². The van der Waals surface area contributed by atoms with Crippen molar-refractivity contribution < 1.29 is 4.79 Å². The van der Waals surface area contributed by atoms with Crippen molar-refractivity contribution in [1.82, 2.24) is 14.7 Å². The zero-order valence-electron chi connectivity index (χ0n) is 18.6. The van der Waals surface area contributed by atoms with Gasteiger partial charge in [-0.05, 0) is 67.1 Å². The van der Waals surface area contributed by atoms with Gasteiger partial charge in [0.05, 0.1) is 16.3 Å². The summed E-state index contributed by atoms with van der Waals surface area (Å²) in [7, 11) is 0. The van der Waals surface area contributed by atoms with E-state index in [9.17, 15) is 4.79 Å². The number of aliphatic imine (C=N–C) groups is 1. The second-order valence-electron chi connectivity index (χ2n) is 8.03. The van der Waals surface area contributed by atoms with Gasteiger partial charge in [-0.2, -0.15) is 10.1 Å². The number of carbonyl (C=O) groups is 1. The van der Waals surface area contributed by atoms with E-state index >= 15 is 0 Å². The quantitative estimate of drug-likeness (QED) is 0.330. The van der Waals surface area contributed by atoms with E-state index in [1.807, 2.05) is 59.0 Å². The minimum Gasteiger partial charge on any atom is -0.351 e. The van der Waals surface area contributed by atoms with Gasteiger partial charge in [0.1, 0.15) is 0 Å². The lowest BCUT2D eigenvalue weighted by molar-refractivity contribution is -0.113. The van der Waals surface area contributed by atoms with Crippen LogP contribution in [0.4, 0.5) is 0 Å². The lowest BCUT2D eigenvalue weighted by Crippen LogP contribution is -2.33. The summed E-state index contributed by atoms with van der Waals surface area (Å²) in [4.78, 5) is 21.2. The molecule has 168 valence electrons. The Bertz CT molecular complexity index is 1190. The number of likely N-dealkylation sites (tertiary alicyclic amines) is 1. The molecule has 0 aliphatic carbocycles. The van der Waals surface area contributed by atoms with Crippen LogP contribution < -0.4 is 0 Å². The smallest absolute Gasteiger partial charge is 0.286 e. The van der Waals surface area contributed by atoms with Crippen LogP contribution in [0.3, 0.4) is 0 Å². The second kappa shape index (κ2) is 10.0. The van der Waals surface area contributed by atoms with Gasteiger partial charge in [0.25, 0.3) is 5.91 Å². The summed E-state index contributed by atoms with van der Waals surface area (Å²) >= 11 is 3.31. The molecule has 33 heavy (non-hydrogen) atoms. The van der Waals surface area contributed by atoms with Crippen LogP contribution in [0.2, 0.25) is 0 Å². The van der Waals surface area contributed by atoms with Crippen molar-refractivity contribution in [3.8, 4) is 16.9 Å². The Balaban J connectivity index is 1.49. The first-order valence-corrected chi connectivity index (χ1v) is 13.2. The van der Waals surface area contributed by atoms with Crippen LogP contribution in [-0.2, 0) is 4.79 Å². The van der Waals surface area contributed by atoms with Gasteiger partial charge in [-0.1, -0.05) is 37.3 Å². The molecule has 5 rings (SSSR count). The first-order chi connectivity index (χ1) is 16.2. The minimum absolute atomic E-state index is 0.159. The average Bonchev–Trinajstić information content (AvgIpc) is 3.45. The third-order valence-electron chi connectivity index (χ3n) is 5.72.